The highest BCUT2D eigenvalue weighted by Gasteiger charge is 2.11. The molecule has 2 heterocycles. The van der Waals surface area contributed by atoms with Crippen LogP contribution in [0.1, 0.15) is 16.1 Å². The number of benzene rings is 1. The van der Waals surface area contributed by atoms with Crippen LogP contribution in [-0.4, -0.2) is 39.8 Å². The van der Waals surface area contributed by atoms with Gasteiger partial charge in [0.05, 0.1) is 18.4 Å². The summed E-state index contributed by atoms with van der Waals surface area (Å²) >= 11 is 0. The van der Waals surface area contributed by atoms with E-state index in [2.05, 4.69) is 20.4 Å². The van der Waals surface area contributed by atoms with Gasteiger partial charge in [-0.25, -0.2) is 0 Å². The smallest absolute Gasteiger partial charge is 0.251 e. The molecule has 3 aromatic rings. The normalized spacial score (nSPS) is 10.5. The van der Waals surface area contributed by atoms with Crippen LogP contribution in [-0.2, 0) is 13.6 Å². The lowest BCUT2D eigenvalue weighted by Crippen LogP contribution is -2.24. The van der Waals surface area contributed by atoms with E-state index in [1.165, 1.54) is 0 Å². The highest BCUT2D eigenvalue weighted by molar-refractivity contribution is 5.95. The molecule has 7 heteroatoms. The summed E-state index contributed by atoms with van der Waals surface area (Å²) in [4.78, 5) is 22.7. The molecular weight excluding hydrogens is 316 g/mol. The summed E-state index contributed by atoms with van der Waals surface area (Å²) in [6.45, 7) is 0.384. The van der Waals surface area contributed by atoms with Gasteiger partial charge in [0.25, 0.3) is 5.91 Å². The molecule has 0 aliphatic carbocycles. The van der Waals surface area contributed by atoms with Gasteiger partial charge in [-0.1, -0.05) is 6.07 Å². The van der Waals surface area contributed by atoms with E-state index in [-0.39, 0.29) is 5.91 Å². The largest absolute Gasteiger partial charge is 0.378 e. The van der Waals surface area contributed by atoms with Gasteiger partial charge < -0.3 is 10.2 Å². The van der Waals surface area contributed by atoms with Gasteiger partial charge in [-0.3, -0.25) is 19.4 Å². The Morgan fingerprint density at radius 1 is 1.20 bits per heavy atom. The predicted octanol–water partition coefficient (Wildman–Crippen LogP) is 1.87. The molecule has 0 atom stereocenters. The predicted molar refractivity (Wildman–Crippen MR) is 96.2 cm³/mol. The first-order valence-electron chi connectivity index (χ1n) is 7.89. The maximum Gasteiger partial charge on any atom is 0.251 e. The zero-order valence-electron chi connectivity index (χ0n) is 14.5. The number of amides is 1. The van der Waals surface area contributed by atoms with Gasteiger partial charge in [0.15, 0.2) is 0 Å². The summed E-state index contributed by atoms with van der Waals surface area (Å²) in [7, 11) is 5.73. The van der Waals surface area contributed by atoms with Gasteiger partial charge in [0.1, 0.15) is 11.4 Å². The SMILES string of the molecule is CN(C)c1cccc(C(=O)NCc2cc(-c3cnccn3)nn2C)c1. The van der Waals surface area contributed by atoms with Gasteiger partial charge >= 0.3 is 0 Å². The maximum absolute atomic E-state index is 12.4. The molecule has 1 N–H and O–H groups in total. The average molecular weight is 336 g/mol. The van der Waals surface area contributed by atoms with E-state index in [1.807, 2.05) is 50.3 Å². The number of carbonyl (C=O) groups is 1. The summed E-state index contributed by atoms with van der Waals surface area (Å²) in [6.07, 6.45) is 4.91. The van der Waals surface area contributed by atoms with Gasteiger partial charge in [0.2, 0.25) is 0 Å². The molecule has 1 amide bonds. The van der Waals surface area contributed by atoms with E-state index in [0.29, 0.717) is 17.8 Å². The Balaban J connectivity index is 1.70. The van der Waals surface area contributed by atoms with Gasteiger partial charge in [0, 0.05) is 44.8 Å². The Hall–Kier alpha value is -3.22. The van der Waals surface area contributed by atoms with Crippen LogP contribution in [0.3, 0.4) is 0 Å². The van der Waals surface area contributed by atoms with Crippen molar-refractivity contribution in [2.45, 2.75) is 6.54 Å². The van der Waals surface area contributed by atoms with Crippen LogP contribution in [0.4, 0.5) is 5.69 Å². The van der Waals surface area contributed by atoms with E-state index < -0.39 is 0 Å². The molecule has 0 bridgehead atoms. The number of hydrogen-bond acceptors (Lipinski definition) is 5. The summed E-state index contributed by atoms with van der Waals surface area (Å²) in [5.41, 5.74) is 3.93. The first-order chi connectivity index (χ1) is 12.0. The molecular formula is C18H20N6O. The minimum atomic E-state index is -0.119. The van der Waals surface area contributed by atoms with Crippen LogP contribution in [0.2, 0.25) is 0 Å². The van der Waals surface area contributed by atoms with Crippen molar-refractivity contribution in [2.75, 3.05) is 19.0 Å². The highest BCUT2D eigenvalue weighted by atomic mass is 16.1. The van der Waals surface area contributed by atoms with Crippen LogP contribution >= 0.6 is 0 Å². The van der Waals surface area contributed by atoms with Gasteiger partial charge in [-0.15, -0.1) is 0 Å². The van der Waals surface area contributed by atoms with Crippen molar-refractivity contribution in [1.29, 1.82) is 0 Å². The monoisotopic (exact) mass is 336 g/mol. The Labute approximate surface area is 146 Å². The second kappa shape index (κ2) is 7.12. The molecule has 0 spiro atoms. The Morgan fingerprint density at radius 2 is 2.04 bits per heavy atom. The molecule has 0 unspecified atom stereocenters. The van der Waals surface area contributed by atoms with Crippen LogP contribution < -0.4 is 10.2 Å². The molecule has 0 fully saturated rings. The number of aromatic nitrogens is 4. The molecule has 25 heavy (non-hydrogen) atoms. The Morgan fingerprint density at radius 3 is 2.76 bits per heavy atom. The van der Waals surface area contributed by atoms with Crippen molar-refractivity contribution in [2.24, 2.45) is 7.05 Å². The van der Waals surface area contributed by atoms with Crippen molar-refractivity contribution in [3.63, 3.8) is 0 Å². The van der Waals surface area contributed by atoms with Gasteiger partial charge in [-0.2, -0.15) is 5.10 Å². The van der Waals surface area contributed by atoms with Crippen molar-refractivity contribution in [3.8, 4) is 11.4 Å². The molecule has 128 valence electrons. The standard InChI is InChI=1S/C18H20N6O/c1-23(2)14-6-4-5-13(9-14)18(25)21-11-15-10-16(22-24(15)3)17-12-19-7-8-20-17/h4-10,12H,11H2,1-3H3,(H,21,25). The molecule has 0 aliphatic rings. The molecule has 2 aromatic heterocycles. The lowest BCUT2D eigenvalue weighted by Gasteiger charge is -2.13. The Kier molecular flexibility index (Phi) is 4.74. The minimum absolute atomic E-state index is 0.119. The van der Waals surface area contributed by atoms with E-state index in [1.54, 1.807) is 29.3 Å². The molecule has 7 nitrogen and oxygen atoms in total. The van der Waals surface area contributed by atoms with E-state index >= 15 is 0 Å². The zero-order valence-corrected chi connectivity index (χ0v) is 14.5. The fourth-order valence-corrected chi connectivity index (χ4v) is 2.43. The number of nitrogens with zero attached hydrogens (tertiary/aromatic N) is 5. The molecule has 0 saturated heterocycles. The summed E-state index contributed by atoms with van der Waals surface area (Å²) in [5, 5.41) is 7.36. The number of anilines is 1. The first-order valence-corrected chi connectivity index (χ1v) is 7.89. The van der Waals surface area contributed by atoms with Crippen molar-refractivity contribution >= 4 is 11.6 Å². The third-order valence-electron chi connectivity index (χ3n) is 3.86. The molecule has 3 rings (SSSR count). The second-order valence-electron chi connectivity index (χ2n) is 5.86. The highest BCUT2D eigenvalue weighted by Crippen LogP contribution is 2.16. The maximum atomic E-state index is 12.4. The third kappa shape index (κ3) is 3.82. The number of nitrogens with one attached hydrogen (secondary N) is 1. The molecule has 0 saturated carbocycles. The first kappa shape index (κ1) is 16.6. The van der Waals surface area contributed by atoms with Crippen LogP contribution in [0.5, 0.6) is 0 Å². The van der Waals surface area contributed by atoms with Crippen molar-refractivity contribution < 1.29 is 4.79 Å². The van der Waals surface area contributed by atoms with Crippen molar-refractivity contribution in [3.05, 3.63) is 60.2 Å². The fourth-order valence-electron chi connectivity index (χ4n) is 2.43. The molecule has 0 radical (unpaired) electrons. The number of carbonyl (C=O) groups excluding carboxylic acids is 1. The third-order valence-corrected chi connectivity index (χ3v) is 3.86. The zero-order chi connectivity index (χ0) is 17.8. The summed E-state index contributed by atoms with van der Waals surface area (Å²) in [5.74, 6) is -0.119. The fraction of sp³-hybridized carbons (Fsp3) is 0.222. The van der Waals surface area contributed by atoms with Crippen LogP contribution in [0, 0.1) is 0 Å². The molecule has 1 aromatic carbocycles. The lowest BCUT2D eigenvalue weighted by atomic mass is 10.2. The molecule has 0 aliphatic heterocycles. The van der Waals surface area contributed by atoms with E-state index in [9.17, 15) is 4.79 Å². The number of rotatable bonds is 5. The van der Waals surface area contributed by atoms with Gasteiger partial charge in [-0.05, 0) is 24.3 Å². The number of hydrogen-bond donors (Lipinski definition) is 1. The minimum Gasteiger partial charge on any atom is -0.378 e. The topological polar surface area (TPSA) is 75.9 Å². The average Bonchev–Trinajstić information content (AvgIpc) is 3.01. The second-order valence-corrected chi connectivity index (χ2v) is 5.86. The number of aryl methyl sites for hydroxylation is 1. The quantitative estimate of drug-likeness (QED) is 0.770. The van der Waals surface area contributed by atoms with E-state index in [0.717, 1.165) is 17.1 Å². The lowest BCUT2D eigenvalue weighted by molar-refractivity contribution is 0.0950. The summed E-state index contributed by atoms with van der Waals surface area (Å²) in [6, 6.07) is 9.41. The van der Waals surface area contributed by atoms with Crippen molar-refractivity contribution in [1.82, 2.24) is 25.1 Å². The van der Waals surface area contributed by atoms with Crippen LogP contribution in [0.15, 0.2) is 48.9 Å². The van der Waals surface area contributed by atoms with Crippen LogP contribution in [0.25, 0.3) is 11.4 Å². The van der Waals surface area contributed by atoms with E-state index in [4.69, 9.17) is 0 Å². The summed E-state index contributed by atoms with van der Waals surface area (Å²) < 4.78 is 1.74. The Bertz CT molecular complexity index is 872.